The standard InChI is InChI=1S/C20H36O4.C15H28O2/c1-8-19(4,5)13-11-15(2)10-9-12-20(6,18(22)23)14-16(3)17(21)24-7;1-6-15(4,5)11-10-12(2)8-7-9-13(3)14(16)17/h16H,2,8-14H2,1,3-7H3,(H,22,23);13H,2,6-11H2,1,3-5H3,(H,16,17). The van der Waals surface area contributed by atoms with Crippen LogP contribution in [0.5, 0.6) is 0 Å². The molecular formula is C35H64O6. The van der Waals surface area contributed by atoms with Crippen molar-refractivity contribution in [3.05, 3.63) is 24.3 Å². The molecule has 41 heavy (non-hydrogen) atoms. The molecule has 0 rings (SSSR count). The fourth-order valence-corrected chi connectivity index (χ4v) is 4.40. The Balaban J connectivity index is 0. The first-order chi connectivity index (χ1) is 18.8. The molecule has 6 nitrogen and oxygen atoms in total. The van der Waals surface area contributed by atoms with Gasteiger partial charge in [-0.3, -0.25) is 14.4 Å². The lowest BCUT2D eigenvalue weighted by molar-refractivity contribution is -0.153. The fraction of sp³-hybridized carbons (Fsp3) is 0.800. The number of methoxy groups -OCH3 is 1. The highest BCUT2D eigenvalue weighted by atomic mass is 16.5. The second-order valence-electron chi connectivity index (χ2n) is 14.0. The predicted octanol–water partition coefficient (Wildman–Crippen LogP) is 9.87. The van der Waals surface area contributed by atoms with Crippen molar-refractivity contribution in [3.8, 4) is 0 Å². The third-order valence-electron chi connectivity index (χ3n) is 8.95. The molecule has 0 aliphatic rings. The van der Waals surface area contributed by atoms with Gasteiger partial charge < -0.3 is 14.9 Å². The Morgan fingerprint density at radius 2 is 1.17 bits per heavy atom. The number of carbonyl (C=O) groups is 3. The van der Waals surface area contributed by atoms with E-state index in [1.54, 1.807) is 20.8 Å². The van der Waals surface area contributed by atoms with Crippen LogP contribution >= 0.6 is 0 Å². The first-order valence-corrected chi connectivity index (χ1v) is 15.6. The fourth-order valence-electron chi connectivity index (χ4n) is 4.40. The van der Waals surface area contributed by atoms with Gasteiger partial charge in [-0.05, 0) is 88.4 Å². The van der Waals surface area contributed by atoms with Gasteiger partial charge >= 0.3 is 17.9 Å². The topological polar surface area (TPSA) is 101 Å². The molecule has 0 saturated heterocycles. The van der Waals surface area contributed by atoms with Crippen LogP contribution in [0.4, 0.5) is 0 Å². The van der Waals surface area contributed by atoms with Crippen molar-refractivity contribution in [1.82, 2.24) is 0 Å². The SMILES string of the molecule is C=C(CCCC(C)(CC(C)C(=O)OC)C(=O)O)CCC(C)(C)CC.C=C(CCCC(C)C(=O)O)CCC(C)(C)CC. The van der Waals surface area contributed by atoms with E-state index in [1.807, 2.05) is 0 Å². The minimum atomic E-state index is -0.906. The summed E-state index contributed by atoms with van der Waals surface area (Å²) in [6, 6.07) is 0. The zero-order valence-corrected chi connectivity index (χ0v) is 28.3. The molecule has 0 heterocycles. The minimum Gasteiger partial charge on any atom is -0.481 e. The zero-order valence-electron chi connectivity index (χ0n) is 28.3. The van der Waals surface area contributed by atoms with E-state index in [9.17, 15) is 19.5 Å². The molecule has 6 heteroatoms. The smallest absolute Gasteiger partial charge is 0.309 e. The van der Waals surface area contributed by atoms with E-state index in [4.69, 9.17) is 9.84 Å². The van der Waals surface area contributed by atoms with E-state index in [1.165, 1.54) is 31.1 Å². The van der Waals surface area contributed by atoms with E-state index in [0.717, 1.165) is 57.8 Å². The van der Waals surface area contributed by atoms with Gasteiger partial charge in [0, 0.05) is 0 Å². The predicted molar refractivity (Wildman–Crippen MR) is 171 cm³/mol. The van der Waals surface area contributed by atoms with Crippen LogP contribution in [0, 0.1) is 28.1 Å². The number of hydrogen-bond donors (Lipinski definition) is 2. The van der Waals surface area contributed by atoms with E-state index in [-0.39, 0.29) is 11.9 Å². The number of ether oxygens (including phenoxy) is 1. The Morgan fingerprint density at radius 1 is 0.732 bits per heavy atom. The molecule has 0 fully saturated rings. The summed E-state index contributed by atoms with van der Waals surface area (Å²) in [5.41, 5.74) is 2.27. The summed E-state index contributed by atoms with van der Waals surface area (Å²) in [6.45, 7) is 26.9. The van der Waals surface area contributed by atoms with Gasteiger partial charge in [0.05, 0.1) is 24.4 Å². The average molecular weight is 581 g/mol. The maximum Gasteiger partial charge on any atom is 0.309 e. The van der Waals surface area contributed by atoms with Gasteiger partial charge in [0.2, 0.25) is 0 Å². The van der Waals surface area contributed by atoms with Crippen LogP contribution in [0.1, 0.15) is 146 Å². The molecule has 0 bridgehead atoms. The lowest BCUT2D eigenvalue weighted by Crippen LogP contribution is -2.32. The molecule has 0 spiro atoms. The van der Waals surface area contributed by atoms with E-state index in [2.05, 4.69) is 54.7 Å². The van der Waals surface area contributed by atoms with Gasteiger partial charge in [0.25, 0.3) is 0 Å². The number of carboxylic acid groups (broad SMARTS) is 2. The molecule has 0 aliphatic heterocycles. The van der Waals surface area contributed by atoms with Crippen molar-refractivity contribution in [3.63, 3.8) is 0 Å². The van der Waals surface area contributed by atoms with Crippen LogP contribution in [0.3, 0.4) is 0 Å². The largest absolute Gasteiger partial charge is 0.481 e. The third kappa shape index (κ3) is 19.6. The summed E-state index contributed by atoms with van der Waals surface area (Å²) in [7, 11) is 1.33. The van der Waals surface area contributed by atoms with Gasteiger partial charge in [0.1, 0.15) is 0 Å². The Hall–Kier alpha value is -2.11. The quantitative estimate of drug-likeness (QED) is 0.103. The van der Waals surface area contributed by atoms with Crippen LogP contribution in [-0.4, -0.2) is 35.2 Å². The minimum absolute atomic E-state index is 0.227. The molecule has 0 radical (unpaired) electrons. The van der Waals surface area contributed by atoms with E-state index in [0.29, 0.717) is 23.7 Å². The number of allylic oxidation sites excluding steroid dienone is 2. The van der Waals surface area contributed by atoms with E-state index < -0.39 is 23.3 Å². The zero-order chi connectivity index (χ0) is 32.4. The van der Waals surface area contributed by atoms with Crippen LogP contribution < -0.4 is 0 Å². The molecule has 0 aromatic rings. The number of carboxylic acids is 2. The van der Waals surface area contributed by atoms with Crippen LogP contribution in [-0.2, 0) is 19.1 Å². The molecule has 2 N–H and O–H groups in total. The maximum absolute atomic E-state index is 11.7. The monoisotopic (exact) mass is 580 g/mol. The number of hydrogen-bond acceptors (Lipinski definition) is 4. The molecule has 240 valence electrons. The van der Waals surface area contributed by atoms with Gasteiger partial charge in [-0.2, -0.15) is 0 Å². The Labute approximate surface area is 252 Å². The molecule has 0 aromatic carbocycles. The normalized spacial score (nSPS) is 14.6. The van der Waals surface area contributed by atoms with Crippen molar-refractivity contribution < 1.29 is 29.3 Å². The highest BCUT2D eigenvalue weighted by Gasteiger charge is 2.36. The number of rotatable bonds is 21. The number of esters is 1. The van der Waals surface area contributed by atoms with Crippen molar-refractivity contribution in [2.45, 2.75) is 146 Å². The van der Waals surface area contributed by atoms with Crippen LogP contribution in [0.25, 0.3) is 0 Å². The molecule has 3 unspecified atom stereocenters. The summed E-state index contributed by atoms with van der Waals surface area (Å²) in [5, 5.41) is 18.3. The van der Waals surface area contributed by atoms with Gasteiger partial charge in [-0.15, -0.1) is 0 Å². The Bertz CT molecular complexity index is 825. The van der Waals surface area contributed by atoms with Crippen molar-refractivity contribution in [1.29, 1.82) is 0 Å². The molecule has 0 amide bonds. The van der Waals surface area contributed by atoms with Crippen LogP contribution in [0.15, 0.2) is 24.3 Å². The van der Waals surface area contributed by atoms with E-state index >= 15 is 0 Å². The van der Waals surface area contributed by atoms with Crippen LogP contribution in [0.2, 0.25) is 0 Å². The summed E-state index contributed by atoms with van der Waals surface area (Å²) in [4.78, 5) is 33.9. The van der Waals surface area contributed by atoms with Crippen molar-refractivity contribution in [2.75, 3.05) is 7.11 Å². The lowest BCUT2D eigenvalue weighted by Gasteiger charge is -2.27. The summed E-state index contributed by atoms with van der Waals surface area (Å²) in [5.74, 6) is -2.54. The first-order valence-electron chi connectivity index (χ1n) is 15.6. The average Bonchev–Trinajstić information content (AvgIpc) is 2.90. The Morgan fingerprint density at radius 3 is 1.54 bits per heavy atom. The molecule has 0 saturated carbocycles. The molecule has 0 aromatic heterocycles. The van der Waals surface area contributed by atoms with Crippen molar-refractivity contribution >= 4 is 17.9 Å². The second-order valence-corrected chi connectivity index (χ2v) is 14.0. The Kier molecular flexibility index (Phi) is 19.9. The highest BCUT2D eigenvalue weighted by Crippen LogP contribution is 2.35. The lowest BCUT2D eigenvalue weighted by atomic mass is 9.77. The van der Waals surface area contributed by atoms with Crippen molar-refractivity contribution in [2.24, 2.45) is 28.1 Å². The van der Waals surface area contributed by atoms with Gasteiger partial charge in [-0.25, -0.2) is 0 Å². The van der Waals surface area contributed by atoms with Gasteiger partial charge in [0.15, 0.2) is 0 Å². The third-order valence-corrected chi connectivity index (χ3v) is 8.95. The summed E-state index contributed by atoms with van der Waals surface area (Å²) >= 11 is 0. The van der Waals surface area contributed by atoms with Gasteiger partial charge in [-0.1, -0.05) is 92.5 Å². The maximum atomic E-state index is 11.7. The summed E-state index contributed by atoms with van der Waals surface area (Å²) in [6.07, 6.45) is 11.8. The molecule has 0 aliphatic carbocycles. The summed E-state index contributed by atoms with van der Waals surface area (Å²) < 4.78 is 4.71. The highest BCUT2D eigenvalue weighted by molar-refractivity contribution is 5.77. The molecule has 3 atom stereocenters. The molecular weight excluding hydrogens is 516 g/mol. The first kappa shape index (κ1) is 41.0. The number of carbonyl (C=O) groups excluding carboxylic acids is 1. The second kappa shape index (κ2) is 19.9. The number of aliphatic carboxylic acids is 2.